The van der Waals surface area contributed by atoms with Gasteiger partial charge >= 0.3 is 0 Å². The highest BCUT2D eigenvalue weighted by molar-refractivity contribution is 5.53. The van der Waals surface area contributed by atoms with Gasteiger partial charge in [0, 0.05) is 25.4 Å². The second-order valence-electron chi connectivity index (χ2n) is 7.26. The molecule has 0 fully saturated rings. The molecule has 0 bridgehead atoms. The monoisotopic (exact) mass is 411 g/mol. The number of methoxy groups -OCH3 is 3. The number of nitrogens with zero attached hydrogens (tertiary/aromatic N) is 3. The van der Waals surface area contributed by atoms with Crippen LogP contribution in [0.2, 0.25) is 0 Å². The minimum Gasteiger partial charge on any atom is -0.493 e. The van der Waals surface area contributed by atoms with Crippen LogP contribution in [0.1, 0.15) is 30.2 Å². The standard InChI is InChI=1S/C23H29N3O4/c1-6-9-25(14-17-10-19(28-3)23(30-5)20(11-17)29-4)15-18-12-22(27)26-13-16(2)7-8-21(26)24-18/h7-8,10-13H,6,9,14-15H2,1-5H3. The third kappa shape index (κ3) is 4.74. The quantitative estimate of drug-likeness (QED) is 0.537. The zero-order valence-electron chi connectivity index (χ0n) is 18.3. The number of hydrogen-bond acceptors (Lipinski definition) is 6. The summed E-state index contributed by atoms with van der Waals surface area (Å²) in [6.07, 6.45) is 2.80. The summed E-state index contributed by atoms with van der Waals surface area (Å²) in [4.78, 5) is 19.5. The van der Waals surface area contributed by atoms with E-state index < -0.39 is 0 Å². The first kappa shape index (κ1) is 21.6. The number of rotatable bonds is 9. The van der Waals surface area contributed by atoms with E-state index in [0.717, 1.165) is 29.8 Å². The van der Waals surface area contributed by atoms with Crippen LogP contribution in [-0.2, 0) is 13.1 Å². The summed E-state index contributed by atoms with van der Waals surface area (Å²) in [5.41, 5.74) is 3.40. The van der Waals surface area contributed by atoms with Gasteiger partial charge < -0.3 is 14.2 Å². The molecule has 0 aliphatic carbocycles. The van der Waals surface area contributed by atoms with E-state index in [1.165, 1.54) is 0 Å². The highest BCUT2D eigenvalue weighted by Gasteiger charge is 2.16. The molecule has 7 heteroatoms. The number of aromatic nitrogens is 2. The van der Waals surface area contributed by atoms with E-state index in [0.29, 0.717) is 36.0 Å². The van der Waals surface area contributed by atoms with Crippen molar-refractivity contribution in [1.29, 1.82) is 0 Å². The number of ether oxygens (including phenoxy) is 3. The first-order valence-corrected chi connectivity index (χ1v) is 9.99. The molecule has 0 atom stereocenters. The van der Waals surface area contributed by atoms with Crippen LogP contribution in [0.3, 0.4) is 0 Å². The minimum atomic E-state index is -0.0667. The number of fused-ring (bicyclic) bond motifs is 1. The molecule has 30 heavy (non-hydrogen) atoms. The molecule has 7 nitrogen and oxygen atoms in total. The van der Waals surface area contributed by atoms with Gasteiger partial charge in [-0.15, -0.1) is 0 Å². The molecule has 0 saturated heterocycles. The van der Waals surface area contributed by atoms with Crippen LogP contribution in [0.25, 0.3) is 5.65 Å². The number of benzene rings is 1. The Morgan fingerprint density at radius 2 is 1.70 bits per heavy atom. The van der Waals surface area contributed by atoms with E-state index in [1.807, 2.05) is 37.4 Å². The van der Waals surface area contributed by atoms with Crippen molar-refractivity contribution in [3.63, 3.8) is 0 Å². The summed E-state index contributed by atoms with van der Waals surface area (Å²) in [5.74, 6) is 1.83. The van der Waals surface area contributed by atoms with E-state index in [1.54, 1.807) is 31.8 Å². The lowest BCUT2D eigenvalue weighted by molar-refractivity contribution is 0.252. The van der Waals surface area contributed by atoms with Gasteiger partial charge in [0.25, 0.3) is 5.56 Å². The Morgan fingerprint density at radius 1 is 1.00 bits per heavy atom. The molecule has 0 spiro atoms. The summed E-state index contributed by atoms with van der Waals surface area (Å²) >= 11 is 0. The van der Waals surface area contributed by atoms with E-state index in [-0.39, 0.29) is 5.56 Å². The van der Waals surface area contributed by atoms with Crippen molar-refractivity contribution in [2.24, 2.45) is 0 Å². The van der Waals surface area contributed by atoms with Gasteiger partial charge in [-0.1, -0.05) is 13.0 Å². The molecule has 2 heterocycles. The summed E-state index contributed by atoms with van der Waals surface area (Å²) in [5, 5.41) is 0. The predicted molar refractivity (Wildman–Crippen MR) is 117 cm³/mol. The molecule has 0 amide bonds. The lowest BCUT2D eigenvalue weighted by Crippen LogP contribution is -2.26. The smallest absolute Gasteiger partial charge is 0.258 e. The molecule has 3 aromatic rings. The first-order chi connectivity index (χ1) is 14.5. The van der Waals surface area contributed by atoms with Crippen molar-refractivity contribution in [3.05, 3.63) is 63.7 Å². The first-order valence-electron chi connectivity index (χ1n) is 9.99. The number of aryl methyl sites for hydroxylation is 1. The van der Waals surface area contributed by atoms with Crippen LogP contribution in [0.4, 0.5) is 0 Å². The molecule has 0 aliphatic rings. The lowest BCUT2D eigenvalue weighted by Gasteiger charge is -2.23. The van der Waals surface area contributed by atoms with E-state index in [2.05, 4.69) is 16.8 Å². The SMILES string of the molecule is CCCN(Cc1cc(OC)c(OC)c(OC)c1)Cc1cc(=O)n2cc(C)ccc2n1. The Kier molecular flexibility index (Phi) is 6.95. The van der Waals surface area contributed by atoms with Gasteiger partial charge in [0.2, 0.25) is 5.75 Å². The summed E-state index contributed by atoms with van der Waals surface area (Å²) in [7, 11) is 4.81. The Labute approximate surface area is 176 Å². The highest BCUT2D eigenvalue weighted by atomic mass is 16.5. The topological polar surface area (TPSA) is 65.3 Å². The molecular formula is C23H29N3O4. The normalized spacial score (nSPS) is 11.1. The number of hydrogen-bond donors (Lipinski definition) is 0. The summed E-state index contributed by atoms with van der Waals surface area (Å²) in [6.45, 7) is 6.20. The van der Waals surface area contributed by atoms with E-state index in [9.17, 15) is 4.79 Å². The fourth-order valence-electron chi connectivity index (χ4n) is 3.58. The average molecular weight is 412 g/mol. The molecule has 2 aromatic heterocycles. The second-order valence-corrected chi connectivity index (χ2v) is 7.26. The predicted octanol–water partition coefficient (Wildman–Crippen LogP) is 3.44. The largest absolute Gasteiger partial charge is 0.493 e. The average Bonchev–Trinajstić information content (AvgIpc) is 2.73. The van der Waals surface area contributed by atoms with Gasteiger partial charge in [0.1, 0.15) is 5.65 Å². The molecule has 0 radical (unpaired) electrons. The molecule has 0 saturated carbocycles. The fraction of sp³-hybridized carbons (Fsp3) is 0.391. The van der Waals surface area contributed by atoms with Gasteiger partial charge in [-0.3, -0.25) is 14.1 Å². The van der Waals surface area contributed by atoms with Crippen LogP contribution < -0.4 is 19.8 Å². The zero-order valence-corrected chi connectivity index (χ0v) is 18.3. The third-order valence-corrected chi connectivity index (χ3v) is 4.92. The van der Waals surface area contributed by atoms with Crippen LogP contribution in [0, 0.1) is 6.92 Å². The summed E-state index contributed by atoms with van der Waals surface area (Å²) < 4.78 is 17.9. The van der Waals surface area contributed by atoms with Gasteiger partial charge in [-0.2, -0.15) is 0 Å². The number of pyridine rings is 1. The van der Waals surface area contributed by atoms with Gasteiger partial charge in [-0.25, -0.2) is 4.98 Å². The van der Waals surface area contributed by atoms with E-state index in [4.69, 9.17) is 14.2 Å². The van der Waals surface area contributed by atoms with Crippen LogP contribution in [0.5, 0.6) is 17.2 Å². The molecular weight excluding hydrogens is 382 g/mol. The zero-order chi connectivity index (χ0) is 21.7. The maximum Gasteiger partial charge on any atom is 0.258 e. The molecule has 3 rings (SSSR count). The van der Waals surface area contributed by atoms with Crippen LogP contribution in [0.15, 0.2) is 41.3 Å². The molecule has 160 valence electrons. The Morgan fingerprint density at radius 3 is 2.30 bits per heavy atom. The van der Waals surface area contributed by atoms with Gasteiger partial charge in [-0.05, 0) is 49.2 Å². The van der Waals surface area contributed by atoms with Crippen molar-refractivity contribution in [2.45, 2.75) is 33.4 Å². The Hall–Kier alpha value is -3.06. The highest BCUT2D eigenvalue weighted by Crippen LogP contribution is 2.38. The minimum absolute atomic E-state index is 0.0667. The van der Waals surface area contributed by atoms with Crippen molar-refractivity contribution in [3.8, 4) is 17.2 Å². The Balaban J connectivity index is 1.89. The van der Waals surface area contributed by atoms with Gasteiger partial charge in [0.15, 0.2) is 11.5 Å². The van der Waals surface area contributed by atoms with E-state index >= 15 is 0 Å². The molecule has 0 aliphatic heterocycles. The lowest BCUT2D eigenvalue weighted by atomic mass is 10.1. The second kappa shape index (κ2) is 9.63. The van der Waals surface area contributed by atoms with Crippen molar-refractivity contribution >= 4 is 5.65 Å². The van der Waals surface area contributed by atoms with Crippen molar-refractivity contribution in [1.82, 2.24) is 14.3 Å². The Bertz CT molecular complexity index is 1050. The van der Waals surface area contributed by atoms with Crippen molar-refractivity contribution in [2.75, 3.05) is 27.9 Å². The maximum atomic E-state index is 12.5. The molecule has 0 N–H and O–H groups in total. The van der Waals surface area contributed by atoms with Crippen molar-refractivity contribution < 1.29 is 14.2 Å². The summed E-state index contributed by atoms with van der Waals surface area (Å²) in [6, 6.07) is 9.37. The van der Waals surface area contributed by atoms with Crippen LogP contribution in [-0.4, -0.2) is 42.2 Å². The van der Waals surface area contributed by atoms with Crippen LogP contribution >= 0.6 is 0 Å². The third-order valence-electron chi connectivity index (χ3n) is 4.92. The fourth-order valence-corrected chi connectivity index (χ4v) is 3.58. The molecule has 1 aromatic carbocycles. The molecule has 0 unspecified atom stereocenters. The van der Waals surface area contributed by atoms with Gasteiger partial charge in [0.05, 0.1) is 27.0 Å². The maximum absolute atomic E-state index is 12.5.